The van der Waals surface area contributed by atoms with Crippen LogP contribution in [0.4, 0.5) is 13.2 Å². The van der Waals surface area contributed by atoms with Gasteiger partial charge in [0.1, 0.15) is 5.02 Å². The van der Waals surface area contributed by atoms with Crippen LogP contribution in [-0.2, 0) is 6.18 Å². The smallest absolute Gasteiger partial charge is 0.348 e. The zero-order valence-corrected chi connectivity index (χ0v) is 16.3. The average Bonchev–Trinajstić information content (AvgIpc) is 2.97. The Hall–Kier alpha value is -2.32. The Morgan fingerprint density at radius 3 is 2.46 bits per heavy atom. The number of amides is 1. The molecule has 28 heavy (non-hydrogen) atoms. The van der Waals surface area contributed by atoms with E-state index in [2.05, 4.69) is 15.4 Å². The molecular weight excluding hydrogens is 416 g/mol. The third-order valence-corrected chi connectivity index (χ3v) is 4.77. The highest BCUT2D eigenvalue weighted by molar-refractivity contribution is 6.36. The molecule has 2 heterocycles. The van der Waals surface area contributed by atoms with E-state index in [1.165, 1.54) is 0 Å². The molecule has 0 radical (unpaired) electrons. The molecular formula is C18H15Cl2F3N4O. The van der Waals surface area contributed by atoms with Gasteiger partial charge in [-0.15, -0.1) is 0 Å². The highest BCUT2D eigenvalue weighted by Crippen LogP contribution is 2.34. The number of hydrogen-bond donors (Lipinski definition) is 1. The summed E-state index contributed by atoms with van der Waals surface area (Å²) in [4.78, 5) is 16.6. The lowest BCUT2D eigenvalue weighted by Gasteiger charge is -2.11. The largest absolute Gasteiger partial charge is 0.433 e. The van der Waals surface area contributed by atoms with Crippen molar-refractivity contribution in [3.05, 3.63) is 51.8 Å². The zero-order chi connectivity index (χ0) is 20.6. The van der Waals surface area contributed by atoms with Crippen molar-refractivity contribution in [1.82, 2.24) is 19.9 Å². The minimum absolute atomic E-state index is 0.0344. The van der Waals surface area contributed by atoms with Gasteiger partial charge in [-0.25, -0.2) is 9.50 Å². The summed E-state index contributed by atoms with van der Waals surface area (Å²) in [5.41, 5.74) is -1.21. The molecule has 1 atom stereocenters. The molecule has 0 unspecified atom stereocenters. The molecule has 1 N–H and O–H groups in total. The molecule has 0 saturated heterocycles. The quantitative estimate of drug-likeness (QED) is 0.614. The van der Waals surface area contributed by atoms with E-state index in [1.54, 1.807) is 31.2 Å². The van der Waals surface area contributed by atoms with E-state index >= 15 is 0 Å². The minimum Gasteiger partial charge on any atom is -0.348 e. The molecule has 0 aliphatic carbocycles. The van der Waals surface area contributed by atoms with Crippen LogP contribution in [0, 0.1) is 0 Å². The molecule has 0 fully saturated rings. The van der Waals surface area contributed by atoms with Crippen molar-refractivity contribution in [2.75, 3.05) is 0 Å². The van der Waals surface area contributed by atoms with Crippen molar-refractivity contribution in [2.24, 2.45) is 0 Å². The van der Waals surface area contributed by atoms with Gasteiger partial charge >= 0.3 is 6.18 Å². The summed E-state index contributed by atoms with van der Waals surface area (Å²) in [6.07, 6.45) is -4.09. The molecule has 0 aliphatic rings. The Labute approximate surface area is 168 Å². The number of rotatable bonds is 4. The fourth-order valence-electron chi connectivity index (χ4n) is 2.50. The zero-order valence-electron chi connectivity index (χ0n) is 14.8. The first kappa shape index (κ1) is 20.4. The lowest BCUT2D eigenvalue weighted by atomic mass is 10.1. The van der Waals surface area contributed by atoms with Crippen molar-refractivity contribution < 1.29 is 18.0 Å². The Balaban J connectivity index is 2.21. The maximum atomic E-state index is 13.6. The predicted molar refractivity (Wildman–Crippen MR) is 101 cm³/mol. The van der Waals surface area contributed by atoms with Crippen molar-refractivity contribution in [3.8, 4) is 11.3 Å². The van der Waals surface area contributed by atoms with Gasteiger partial charge in [0, 0.05) is 16.6 Å². The first-order valence-electron chi connectivity index (χ1n) is 8.35. The van der Waals surface area contributed by atoms with Crippen LogP contribution in [0.3, 0.4) is 0 Å². The van der Waals surface area contributed by atoms with Crippen LogP contribution in [0.15, 0.2) is 30.3 Å². The van der Waals surface area contributed by atoms with Gasteiger partial charge in [-0.3, -0.25) is 4.79 Å². The van der Waals surface area contributed by atoms with Gasteiger partial charge < -0.3 is 5.32 Å². The van der Waals surface area contributed by atoms with E-state index < -0.39 is 17.8 Å². The fraction of sp³-hybridized carbons (Fsp3) is 0.278. The molecule has 0 saturated carbocycles. The van der Waals surface area contributed by atoms with E-state index in [1.807, 2.05) is 6.92 Å². The van der Waals surface area contributed by atoms with Crippen LogP contribution in [0.25, 0.3) is 16.9 Å². The SMILES string of the molecule is CC[C@H](C)NC(=O)c1nn2c(C(F)(F)F)cc(-c3ccc(Cl)cc3)nc2c1Cl. The molecule has 10 heteroatoms. The van der Waals surface area contributed by atoms with Crippen molar-refractivity contribution in [2.45, 2.75) is 32.5 Å². The fourth-order valence-corrected chi connectivity index (χ4v) is 2.87. The summed E-state index contributed by atoms with van der Waals surface area (Å²) >= 11 is 12.0. The van der Waals surface area contributed by atoms with Gasteiger partial charge in [0.05, 0.1) is 5.69 Å². The normalized spacial score (nSPS) is 13.0. The topological polar surface area (TPSA) is 59.3 Å². The third-order valence-electron chi connectivity index (χ3n) is 4.17. The molecule has 1 aromatic carbocycles. The van der Waals surface area contributed by atoms with Crippen LogP contribution >= 0.6 is 23.2 Å². The summed E-state index contributed by atoms with van der Waals surface area (Å²) in [5, 5.41) is 6.61. The van der Waals surface area contributed by atoms with Gasteiger partial charge in [0.15, 0.2) is 17.0 Å². The number of aromatic nitrogens is 3. The van der Waals surface area contributed by atoms with Gasteiger partial charge in [-0.05, 0) is 31.5 Å². The molecule has 3 aromatic rings. The van der Waals surface area contributed by atoms with Gasteiger partial charge in [0.25, 0.3) is 5.91 Å². The van der Waals surface area contributed by atoms with Gasteiger partial charge in [0.2, 0.25) is 0 Å². The monoisotopic (exact) mass is 430 g/mol. The highest BCUT2D eigenvalue weighted by Gasteiger charge is 2.36. The maximum Gasteiger partial charge on any atom is 0.433 e. The molecule has 2 aromatic heterocycles. The van der Waals surface area contributed by atoms with E-state index in [9.17, 15) is 18.0 Å². The third kappa shape index (κ3) is 3.93. The Morgan fingerprint density at radius 2 is 1.89 bits per heavy atom. The number of halogens is 5. The first-order chi connectivity index (χ1) is 13.1. The number of nitrogens with zero attached hydrogens (tertiary/aromatic N) is 3. The second-order valence-corrected chi connectivity index (χ2v) is 7.03. The van der Waals surface area contributed by atoms with Crippen LogP contribution in [-0.4, -0.2) is 26.5 Å². The van der Waals surface area contributed by atoms with E-state index in [0.29, 0.717) is 21.5 Å². The highest BCUT2D eigenvalue weighted by atomic mass is 35.5. The van der Waals surface area contributed by atoms with E-state index in [0.717, 1.165) is 6.07 Å². The van der Waals surface area contributed by atoms with Crippen LogP contribution < -0.4 is 5.32 Å². The minimum atomic E-state index is -4.73. The van der Waals surface area contributed by atoms with Crippen LogP contribution in [0.1, 0.15) is 36.5 Å². The summed E-state index contributed by atoms with van der Waals surface area (Å²) in [6.45, 7) is 3.62. The second kappa shape index (κ2) is 7.60. The van der Waals surface area contributed by atoms with E-state index in [-0.39, 0.29) is 28.1 Å². The number of benzene rings is 1. The lowest BCUT2D eigenvalue weighted by molar-refractivity contribution is -0.142. The van der Waals surface area contributed by atoms with Gasteiger partial charge in [-0.1, -0.05) is 42.3 Å². The molecule has 0 aliphatic heterocycles. The molecule has 5 nitrogen and oxygen atoms in total. The number of nitrogens with one attached hydrogen (secondary N) is 1. The van der Waals surface area contributed by atoms with Crippen molar-refractivity contribution >= 4 is 34.8 Å². The molecule has 148 valence electrons. The Kier molecular flexibility index (Phi) is 5.54. The number of fused-ring (bicyclic) bond motifs is 1. The molecule has 0 bridgehead atoms. The predicted octanol–water partition coefficient (Wildman–Crippen LogP) is 5.25. The molecule has 1 amide bonds. The summed E-state index contributed by atoms with van der Waals surface area (Å²) < 4.78 is 41.4. The second-order valence-electron chi connectivity index (χ2n) is 6.21. The summed E-state index contributed by atoms with van der Waals surface area (Å²) in [5.74, 6) is -0.661. The molecule has 0 spiro atoms. The summed E-state index contributed by atoms with van der Waals surface area (Å²) in [7, 11) is 0. The van der Waals surface area contributed by atoms with Crippen LogP contribution in [0.2, 0.25) is 10.0 Å². The number of alkyl halides is 3. The van der Waals surface area contributed by atoms with E-state index in [4.69, 9.17) is 23.2 Å². The Morgan fingerprint density at radius 1 is 1.25 bits per heavy atom. The number of hydrogen-bond acceptors (Lipinski definition) is 3. The van der Waals surface area contributed by atoms with Crippen LogP contribution in [0.5, 0.6) is 0 Å². The average molecular weight is 431 g/mol. The lowest BCUT2D eigenvalue weighted by Crippen LogP contribution is -2.32. The molecule has 3 rings (SSSR count). The first-order valence-corrected chi connectivity index (χ1v) is 9.10. The number of carbonyl (C=O) groups excluding carboxylic acids is 1. The van der Waals surface area contributed by atoms with Crippen molar-refractivity contribution in [1.29, 1.82) is 0 Å². The van der Waals surface area contributed by atoms with Gasteiger partial charge in [-0.2, -0.15) is 18.3 Å². The maximum absolute atomic E-state index is 13.6. The number of carbonyl (C=O) groups is 1. The standard InChI is InChI=1S/C18H15Cl2F3N4O/c1-3-9(2)24-17(28)15-14(20)16-25-12(10-4-6-11(19)7-5-10)8-13(18(21,22)23)27(16)26-15/h4-9H,3H2,1-2H3,(H,24,28)/t9-/m0/s1. The summed E-state index contributed by atoms with van der Waals surface area (Å²) in [6, 6.07) is 6.84. The Bertz CT molecular complexity index is 1030. The van der Waals surface area contributed by atoms with Crippen molar-refractivity contribution in [3.63, 3.8) is 0 Å².